The van der Waals surface area contributed by atoms with Gasteiger partial charge in [0, 0.05) is 26.1 Å². The Kier molecular flexibility index (Phi) is 6.05. The van der Waals surface area contributed by atoms with Gasteiger partial charge in [-0.1, -0.05) is 13.8 Å². The number of hydrogen-bond acceptors (Lipinski definition) is 5. The first kappa shape index (κ1) is 15.2. The number of carbonyl (C=O) groups is 1. The van der Waals surface area contributed by atoms with Gasteiger partial charge in [0.2, 0.25) is 5.91 Å². The van der Waals surface area contributed by atoms with Gasteiger partial charge in [-0.2, -0.15) is 0 Å². The van der Waals surface area contributed by atoms with E-state index in [0.717, 1.165) is 24.5 Å². The van der Waals surface area contributed by atoms with Gasteiger partial charge in [0.15, 0.2) is 0 Å². The van der Waals surface area contributed by atoms with Gasteiger partial charge in [0.05, 0.1) is 0 Å². The Balaban J connectivity index is 2.72. The summed E-state index contributed by atoms with van der Waals surface area (Å²) in [4.78, 5) is 20.5. The van der Waals surface area contributed by atoms with Gasteiger partial charge in [-0.3, -0.25) is 4.79 Å². The number of nitrogens with one attached hydrogen (secondary N) is 3. The zero-order chi connectivity index (χ0) is 14.3. The lowest BCUT2D eigenvalue weighted by atomic mass is 10.3. The Morgan fingerprint density at radius 1 is 1.32 bits per heavy atom. The van der Waals surface area contributed by atoms with E-state index in [0.29, 0.717) is 12.4 Å². The number of aryl methyl sites for hydroxylation is 1. The molecule has 3 N–H and O–H groups in total. The molecule has 106 valence electrons. The van der Waals surface area contributed by atoms with E-state index in [4.69, 9.17) is 0 Å². The summed E-state index contributed by atoms with van der Waals surface area (Å²) < 4.78 is 0. The molecule has 1 aromatic rings. The monoisotopic (exact) mass is 265 g/mol. The predicted molar refractivity (Wildman–Crippen MR) is 77.3 cm³/mol. The Morgan fingerprint density at radius 3 is 2.58 bits per heavy atom. The maximum Gasteiger partial charge on any atom is 0.242 e. The van der Waals surface area contributed by atoms with Gasteiger partial charge in [-0.25, -0.2) is 9.97 Å². The van der Waals surface area contributed by atoms with Crippen molar-refractivity contribution in [1.29, 1.82) is 0 Å². The summed E-state index contributed by atoms with van der Waals surface area (Å²) in [6.45, 7) is 6.53. The van der Waals surface area contributed by atoms with Crippen LogP contribution < -0.4 is 16.0 Å². The molecule has 0 fully saturated rings. The molecule has 1 atom stereocenters. The molecule has 0 bridgehead atoms. The molecule has 0 aliphatic carbocycles. The van der Waals surface area contributed by atoms with E-state index in [1.807, 2.05) is 27.8 Å². The second-order valence-electron chi connectivity index (χ2n) is 4.32. The van der Waals surface area contributed by atoms with Crippen LogP contribution in [0.1, 0.15) is 33.0 Å². The molecule has 1 amide bonds. The number of aromatic nitrogens is 2. The van der Waals surface area contributed by atoms with Crippen LogP contribution in [0.3, 0.4) is 0 Å². The summed E-state index contributed by atoms with van der Waals surface area (Å²) >= 11 is 0. The Labute approximate surface area is 114 Å². The molecular formula is C13H23N5O. The van der Waals surface area contributed by atoms with Crippen molar-refractivity contribution in [1.82, 2.24) is 15.3 Å². The lowest BCUT2D eigenvalue weighted by Gasteiger charge is -2.15. The second-order valence-corrected chi connectivity index (χ2v) is 4.32. The standard InChI is InChI=1S/C13H23N5O/c1-5-7-15-13(19)9(3)16-12-8-11(14-4)17-10(6-2)18-12/h8-9H,5-7H2,1-4H3,(H,15,19)(H2,14,16,17,18). The molecule has 1 aromatic heterocycles. The highest BCUT2D eigenvalue weighted by atomic mass is 16.2. The number of rotatable bonds is 7. The number of carbonyl (C=O) groups excluding carboxylic acids is 1. The summed E-state index contributed by atoms with van der Waals surface area (Å²) in [6.07, 6.45) is 1.68. The summed E-state index contributed by atoms with van der Waals surface area (Å²) in [5.41, 5.74) is 0. The number of anilines is 2. The summed E-state index contributed by atoms with van der Waals surface area (Å²) in [5, 5.41) is 8.93. The quantitative estimate of drug-likeness (QED) is 0.694. The fourth-order valence-corrected chi connectivity index (χ4v) is 1.55. The molecular weight excluding hydrogens is 242 g/mol. The van der Waals surface area contributed by atoms with E-state index in [9.17, 15) is 4.79 Å². The smallest absolute Gasteiger partial charge is 0.242 e. The zero-order valence-corrected chi connectivity index (χ0v) is 12.1. The number of nitrogens with zero attached hydrogens (tertiary/aromatic N) is 2. The Morgan fingerprint density at radius 2 is 2.00 bits per heavy atom. The molecule has 6 nitrogen and oxygen atoms in total. The third-order valence-corrected chi connectivity index (χ3v) is 2.65. The minimum absolute atomic E-state index is 0.0236. The first-order valence-electron chi connectivity index (χ1n) is 6.70. The Hall–Kier alpha value is -1.85. The van der Waals surface area contributed by atoms with Gasteiger partial charge in [-0.15, -0.1) is 0 Å². The average Bonchev–Trinajstić information content (AvgIpc) is 2.43. The first-order valence-corrected chi connectivity index (χ1v) is 6.70. The average molecular weight is 265 g/mol. The highest BCUT2D eigenvalue weighted by molar-refractivity contribution is 5.83. The van der Waals surface area contributed by atoms with Crippen LogP contribution in [0.25, 0.3) is 0 Å². The van der Waals surface area contributed by atoms with Gasteiger partial charge in [0.25, 0.3) is 0 Å². The van der Waals surface area contributed by atoms with Gasteiger partial charge < -0.3 is 16.0 Å². The van der Waals surface area contributed by atoms with Crippen LogP contribution in [0.2, 0.25) is 0 Å². The van der Waals surface area contributed by atoms with Crippen molar-refractivity contribution < 1.29 is 4.79 Å². The summed E-state index contributed by atoms with van der Waals surface area (Å²) in [7, 11) is 1.81. The molecule has 0 aromatic carbocycles. The minimum Gasteiger partial charge on any atom is -0.373 e. The maximum absolute atomic E-state index is 11.8. The van der Waals surface area contributed by atoms with Crippen LogP contribution in [0.5, 0.6) is 0 Å². The molecule has 0 saturated heterocycles. The fourth-order valence-electron chi connectivity index (χ4n) is 1.55. The third kappa shape index (κ3) is 4.73. The van der Waals surface area contributed by atoms with Crippen LogP contribution in [0, 0.1) is 0 Å². The van der Waals surface area contributed by atoms with Crippen molar-refractivity contribution in [2.75, 3.05) is 24.2 Å². The molecule has 1 rings (SSSR count). The van der Waals surface area contributed by atoms with E-state index in [1.165, 1.54) is 0 Å². The van der Waals surface area contributed by atoms with Crippen LogP contribution in [0.4, 0.5) is 11.6 Å². The highest BCUT2D eigenvalue weighted by Gasteiger charge is 2.13. The van der Waals surface area contributed by atoms with Crippen molar-refractivity contribution in [3.8, 4) is 0 Å². The van der Waals surface area contributed by atoms with Gasteiger partial charge in [0.1, 0.15) is 23.5 Å². The van der Waals surface area contributed by atoms with E-state index in [1.54, 1.807) is 6.07 Å². The molecule has 0 radical (unpaired) electrons. The molecule has 0 aliphatic rings. The van der Waals surface area contributed by atoms with E-state index in [-0.39, 0.29) is 11.9 Å². The molecule has 19 heavy (non-hydrogen) atoms. The normalized spacial score (nSPS) is 11.8. The second kappa shape index (κ2) is 7.56. The Bertz CT molecular complexity index is 399. The van der Waals surface area contributed by atoms with Crippen LogP contribution in [-0.4, -0.2) is 35.5 Å². The molecule has 1 unspecified atom stereocenters. The van der Waals surface area contributed by atoms with Crippen LogP contribution >= 0.6 is 0 Å². The van der Waals surface area contributed by atoms with E-state index >= 15 is 0 Å². The van der Waals surface area contributed by atoms with E-state index < -0.39 is 0 Å². The van der Waals surface area contributed by atoms with Gasteiger partial charge >= 0.3 is 0 Å². The van der Waals surface area contributed by atoms with Gasteiger partial charge in [-0.05, 0) is 13.3 Å². The zero-order valence-electron chi connectivity index (χ0n) is 12.1. The van der Waals surface area contributed by atoms with Crippen molar-refractivity contribution >= 4 is 17.5 Å². The van der Waals surface area contributed by atoms with Crippen molar-refractivity contribution in [2.24, 2.45) is 0 Å². The lowest BCUT2D eigenvalue weighted by Crippen LogP contribution is -2.38. The first-order chi connectivity index (χ1) is 9.10. The van der Waals surface area contributed by atoms with Crippen LogP contribution in [0.15, 0.2) is 6.07 Å². The number of amides is 1. The molecule has 0 saturated carbocycles. The molecule has 6 heteroatoms. The molecule has 0 aliphatic heterocycles. The third-order valence-electron chi connectivity index (χ3n) is 2.65. The van der Waals surface area contributed by atoms with E-state index in [2.05, 4.69) is 25.9 Å². The van der Waals surface area contributed by atoms with Crippen molar-refractivity contribution in [3.63, 3.8) is 0 Å². The highest BCUT2D eigenvalue weighted by Crippen LogP contribution is 2.12. The lowest BCUT2D eigenvalue weighted by molar-refractivity contribution is -0.121. The van der Waals surface area contributed by atoms with Crippen LogP contribution in [-0.2, 0) is 11.2 Å². The fraction of sp³-hybridized carbons (Fsp3) is 0.615. The van der Waals surface area contributed by atoms with Crippen molar-refractivity contribution in [2.45, 2.75) is 39.7 Å². The summed E-state index contributed by atoms with van der Waals surface area (Å²) in [6, 6.07) is 1.47. The van der Waals surface area contributed by atoms with Crippen molar-refractivity contribution in [3.05, 3.63) is 11.9 Å². The largest absolute Gasteiger partial charge is 0.373 e. The predicted octanol–water partition coefficient (Wildman–Crippen LogP) is 1.41. The summed E-state index contributed by atoms with van der Waals surface area (Å²) in [5.74, 6) is 2.13. The SMILES string of the molecule is CCCNC(=O)C(C)Nc1cc(NC)nc(CC)n1. The maximum atomic E-state index is 11.8. The minimum atomic E-state index is -0.323. The number of hydrogen-bond donors (Lipinski definition) is 3. The topological polar surface area (TPSA) is 78.9 Å². The molecule has 1 heterocycles. The molecule has 0 spiro atoms.